The van der Waals surface area contributed by atoms with Crippen LogP contribution in [0.1, 0.15) is 39.5 Å². The zero-order valence-corrected chi connectivity index (χ0v) is 8.14. The maximum Gasteiger partial charge on any atom is 0.0306 e. The smallest absolute Gasteiger partial charge is 0.0306 e. The molecule has 0 N–H and O–H groups in total. The van der Waals surface area contributed by atoms with Crippen LogP contribution >= 0.6 is 0 Å². The van der Waals surface area contributed by atoms with E-state index in [0.717, 1.165) is 13.1 Å². The van der Waals surface area contributed by atoms with Gasteiger partial charge in [-0.25, -0.2) is 5.01 Å². The van der Waals surface area contributed by atoms with Crippen molar-refractivity contribution < 1.29 is 0 Å². The second-order valence-electron chi connectivity index (χ2n) is 2.95. The monoisotopic (exact) mass is 157 g/mol. The lowest BCUT2D eigenvalue weighted by atomic mass is 10.3. The average Bonchev–Trinajstić information content (AvgIpc) is 2.01. The summed E-state index contributed by atoms with van der Waals surface area (Å²) < 4.78 is 0. The van der Waals surface area contributed by atoms with Crippen LogP contribution in [0.15, 0.2) is 0 Å². The molecule has 0 spiro atoms. The van der Waals surface area contributed by atoms with Crippen molar-refractivity contribution in [2.75, 3.05) is 20.1 Å². The molecule has 11 heavy (non-hydrogen) atoms. The normalized spacial score (nSPS) is 10.9. The molecule has 0 rings (SSSR count). The molecule has 2 nitrogen and oxygen atoms in total. The van der Waals surface area contributed by atoms with Crippen LogP contribution in [-0.4, -0.2) is 25.1 Å². The molecule has 0 bridgehead atoms. The Morgan fingerprint density at radius 1 is 1.09 bits per heavy atom. The lowest BCUT2D eigenvalue weighted by Gasteiger charge is -2.14. The zero-order valence-electron chi connectivity index (χ0n) is 8.14. The topological polar surface area (TPSA) is 17.3 Å². The Morgan fingerprint density at radius 3 is 2.27 bits per heavy atom. The Morgan fingerprint density at radius 2 is 1.73 bits per heavy atom. The van der Waals surface area contributed by atoms with Crippen molar-refractivity contribution in [3.63, 3.8) is 0 Å². The van der Waals surface area contributed by atoms with Crippen LogP contribution in [0.3, 0.4) is 0 Å². The van der Waals surface area contributed by atoms with E-state index in [2.05, 4.69) is 31.3 Å². The van der Waals surface area contributed by atoms with Crippen molar-refractivity contribution in [2.45, 2.75) is 39.5 Å². The van der Waals surface area contributed by atoms with Crippen molar-refractivity contribution >= 4 is 0 Å². The first-order valence-corrected chi connectivity index (χ1v) is 4.69. The SMILES string of the molecule is CCCC[N]N(C)CCCC. The quantitative estimate of drug-likeness (QED) is 0.408. The summed E-state index contributed by atoms with van der Waals surface area (Å²) in [4.78, 5) is 0. The molecular formula is C9H21N2. The predicted octanol–water partition coefficient (Wildman–Crippen LogP) is 2.04. The number of hydrogen-bond acceptors (Lipinski definition) is 1. The number of unbranched alkanes of at least 4 members (excludes halogenated alkanes) is 2. The third-order valence-electron chi connectivity index (χ3n) is 1.69. The van der Waals surface area contributed by atoms with Crippen LogP contribution in [0.4, 0.5) is 0 Å². The van der Waals surface area contributed by atoms with Gasteiger partial charge in [0.15, 0.2) is 0 Å². The molecule has 0 aliphatic carbocycles. The second-order valence-corrected chi connectivity index (χ2v) is 2.95. The average molecular weight is 157 g/mol. The summed E-state index contributed by atoms with van der Waals surface area (Å²) in [6.45, 7) is 6.51. The van der Waals surface area contributed by atoms with Crippen LogP contribution in [0.5, 0.6) is 0 Å². The van der Waals surface area contributed by atoms with Gasteiger partial charge in [0, 0.05) is 20.1 Å². The molecule has 0 aliphatic rings. The molecule has 2 heteroatoms. The van der Waals surface area contributed by atoms with E-state index >= 15 is 0 Å². The molecule has 0 saturated heterocycles. The summed E-state index contributed by atoms with van der Waals surface area (Å²) in [5.74, 6) is 0. The van der Waals surface area contributed by atoms with Gasteiger partial charge in [0.2, 0.25) is 0 Å². The highest BCUT2D eigenvalue weighted by atomic mass is 15.5. The van der Waals surface area contributed by atoms with E-state index in [1.54, 1.807) is 0 Å². The van der Waals surface area contributed by atoms with Crippen molar-refractivity contribution in [1.82, 2.24) is 10.4 Å². The molecule has 0 atom stereocenters. The number of hydrogen-bond donors (Lipinski definition) is 0. The maximum absolute atomic E-state index is 4.38. The highest BCUT2D eigenvalue weighted by molar-refractivity contribution is 4.45. The van der Waals surface area contributed by atoms with Gasteiger partial charge in [-0.3, -0.25) is 0 Å². The molecule has 0 aliphatic heterocycles. The van der Waals surface area contributed by atoms with Crippen LogP contribution < -0.4 is 5.43 Å². The van der Waals surface area contributed by atoms with Crippen molar-refractivity contribution in [3.8, 4) is 0 Å². The van der Waals surface area contributed by atoms with Crippen molar-refractivity contribution in [1.29, 1.82) is 0 Å². The molecule has 0 unspecified atom stereocenters. The third kappa shape index (κ3) is 7.82. The van der Waals surface area contributed by atoms with Crippen molar-refractivity contribution in [3.05, 3.63) is 0 Å². The summed E-state index contributed by atoms with van der Waals surface area (Å²) in [5, 5.41) is 2.07. The van der Waals surface area contributed by atoms with E-state index < -0.39 is 0 Å². The highest BCUT2D eigenvalue weighted by Crippen LogP contribution is 1.90. The predicted molar refractivity (Wildman–Crippen MR) is 49.4 cm³/mol. The molecule has 0 saturated carbocycles. The molecule has 0 fully saturated rings. The number of nitrogens with zero attached hydrogens (tertiary/aromatic N) is 2. The fourth-order valence-electron chi connectivity index (χ4n) is 0.857. The van der Waals surface area contributed by atoms with Crippen LogP contribution in [-0.2, 0) is 0 Å². The minimum absolute atomic E-state index is 0.997. The summed E-state index contributed by atoms with van der Waals surface area (Å²) in [6, 6.07) is 0. The fraction of sp³-hybridized carbons (Fsp3) is 1.00. The Labute approximate surface area is 70.9 Å². The Bertz CT molecular complexity index is 74.0. The van der Waals surface area contributed by atoms with Gasteiger partial charge in [-0.1, -0.05) is 26.7 Å². The first kappa shape index (κ1) is 10.9. The molecular weight excluding hydrogens is 136 g/mol. The molecule has 0 aromatic heterocycles. The Balaban J connectivity index is 3.02. The molecule has 0 heterocycles. The number of rotatable bonds is 7. The van der Waals surface area contributed by atoms with Gasteiger partial charge in [0.1, 0.15) is 0 Å². The van der Waals surface area contributed by atoms with Crippen molar-refractivity contribution in [2.24, 2.45) is 0 Å². The lowest BCUT2D eigenvalue weighted by Crippen LogP contribution is -2.29. The Hall–Kier alpha value is -0.0800. The fourth-order valence-corrected chi connectivity index (χ4v) is 0.857. The molecule has 1 radical (unpaired) electrons. The molecule has 67 valence electrons. The highest BCUT2D eigenvalue weighted by Gasteiger charge is 1.95. The summed E-state index contributed by atoms with van der Waals surface area (Å²) in [6.07, 6.45) is 4.97. The largest absolute Gasteiger partial charge is 0.230 e. The maximum atomic E-state index is 4.38. The molecule has 0 amide bonds. The first-order chi connectivity index (χ1) is 5.31. The van der Waals surface area contributed by atoms with Crippen LogP contribution in [0.2, 0.25) is 0 Å². The third-order valence-corrected chi connectivity index (χ3v) is 1.69. The lowest BCUT2D eigenvalue weighted by molar-refractivity contribution is 0.221. The minimum Gasteiger partial charge on any atom is -0.230 e. The second kappa shape index (κ2) is 8.02. The summed E-state index contributed by atoms with van der Waals surface area (Å²) in [7, 11) is 2.06. The van der Waals surface area contributed by atoms with Crippen LogP contribution in [0, 0.1) is 0 Å². The van der Waals surface area contributed by atoms with E-state index in [4.69, 9.17) is 0 Å². The van der Waals surface area contributed by atoms with Gasteiger partial charge in [0.05, 0.1) is 0 Å². The summed E-state index contributed by atoms with van der Waals surface area (Å²) in [5.41, 5.74) is 4.38. The van der Waals surface area contributed by atoms with Gasteiger partial charge < -0.3 is 0 Å². The summed E-state index contributed by atoms with van der Waals surface area (Å²) >= 11 is 0. The van der Waals surface area contributed by atoms with Gasteiger partial charge in [0.25, 0.3) is 0 Å². The zero-order chi connectivity index (χ0) is 8.53. The molecule has 0 aromatic rings. The van der Waals surface area contributed by atoms with Gasteiger partial charge in [-0.15, -0.1) is 0 Å². The van der Waals surface area contributed by atoms with E-state index in [-0.39, 0.29) is 0 Å². The van der Waals surface area contributed by atoms with E-state index in [0.29, 0.717) is 0 Å². The first-order valence-electron chi connectivity index (χ1n) is 4.69. The van der Waals surface area contributed by atoms with Gasteiger partial charge >= 0.3 is 0 Å². The Kier molecular flexibility index (Phi) is 7.96. The van der Waals surface area contributed by atoms with E-state index in [9.17, 15) is 0 Å². The van der Waals surface area contributed by atoms with Gasteiger partial charge in [-0.05, 0) is 12.8 Å². The standard InChI is InChI=1S/C9H21N2/c1-4-6-8-10-11(3)9-7-5-2/h4-9H2,1-3H3. The van der Waals surface area contributed by atoms with Crippen LogP contribution in [0.25, 0.3) is 0 Å². The molecule has 0 aromatic carbocycles. The van der Waals surface area contributed by atoms with E-state index in [1.807, 2.05) is 0 Å². The van der Waals surface area contributed by atoms with E-state index in [1.165, 1.54) is 25.7 Å². The van der Waals surface area contributed by atoms with Gasteiger partial charge in [-0.2, -0.15) is 5.43 Å². The minimum atomic E-state index is 0.997.